The smallest absolute Gasteiger partial charge is 0.410 e. The Morgan fingerprint density at radius 1 is 1.05 bits per heavy atom. The Morgan fingerprint density at radius 2 is 1.77 bits per heavy atom. The number of carbonyl (C=O) groups excluding carboxylic acids is 3. The third-order valence-electron chi connectivity index (χ3n) is 6.60. The molecule has 2 aromatic carbocycles. The van der Waals surface area contributed by atoms with Gasteiger partial charge in [-0.15, -0.1) is 0 Å². The number of amides is 3. The van der Waals surface area contributed by atoms with Crippen molar-refractivity contribution in [1.29, 1.82) is 0 Å². The Balaban J connectivity index is 1.69. The Kier molecular flexibility index (Phi) is 8.89. The van der Waals surface area contributed by atoms with Gasteiger partial charge in [-0.25, -0.2) is 9.59 Å². The zero-order chi connectivity index (χ0) is 28.0. The summed E-state index contributed by atoms with van der Waals surface area (Å²) in [5.74, 6) is -0.351. The van der Waals surface area contributed by atoms with Crippen molar-refractivity contribution in [2.24, 2.45) is 4.99 Å². The van der Waals surface area contributed by atoms with E-state index in [2.05, 4.69) is 5.32 Å². The molecular formula is C30H38N4O5. The fourth-order valence-corrected chi connectivity index (χ4v) is 4.90. The molecule has 0 aromatic heterocycles. The van der Waals surface area contributed by atoms with Gasteiger partial charge in [0.05, 0.1) is 17.4 Å². The van der Waals surface area contributed by atoms with Crippen LogP contribution >= 0.6 is 0 Å². The Hall–Kier alpha value is -3.88. The highest BCUT2D eigenvalue weighted by Crippen LogP contribution is 2.31. The fourth-order valence-electron chi connectivity index (χ4n) is 4.90. The summed E-state index contributed by atoms with van der Waals surface area (Å²) in [6, 6.07) is 16.5. The van der Waals surface area contributed by atoms with Crippen LogP contribution in [0.1, 0.15) is 64.5 Å². The Morgan fingerprint density at radius 3 is 2.49 bits per heavy atom. The van der Waals surface area contributed by atoms with Crippen LogP contribution in [-0.2, 0) is 20.9 Å². The minimum absolute atomic E-state index is 0.0676. The summed E-state index contributed by atoms with van der Waals surface area (Å²) in [6.45, 7) is 8.55. The fraction of sp³-hybridized carbons (Fsp3) is 0.467. The number of benzene rings is 2. The van der Waals surface area contributed by atoms with E-state index in [4.69, 9.17) is 14.5 Å². The summed E-state index contributed by atoms with van der Waals surface area (Å²) in [6.07, 6.45) is 0.766. The lowest BCUT2D eigenvalue weighted by Crippen LogP contribution is -2.51. The van der Waals surface area contributed by atoms with Crippen LogP contribution in [0.5, 0.6) is 0 Å². The maximum absolute atomic E-state index is 13.8. The molecule has 2 atom stereocenters. The van der Waals surface area contributed by atoms with Crippen LogP contribution in [0.2, 0.25) is 0 Å². The second-order valence-electron chi connectivity index (χ2n) is 10.8. The van der Waals surface area contributed by atoms with Crippen LogP contribution in [0.4, 0.5) is 15.3 Å². The molecule has 0 aliphatic carbocycles. The van der Waals surface area contributed by atoms with Gasteiger partial charge in [-0.2, -0.15) is 0 Å². The topological polar surface area (TPSA) is 101 Å². The van der Waals surface area contributed by atoms with Crippen LogP contribution in [-0.4, -0.2) is 59.6 Å². The zero-order valence-electron chi connectivity index (χ0n) is 23.2. The van der Waals surface area contributed by atoms with Gasteiger partial charge in [0.2, 0.25) is 6.17 Å². The molecule has 3 amide bonds. The molecule has 39 heavy (non-hydrogen) atoms. The molecular weight excluding hydrogens is 496 g/mol. The second-order valence-corrected chi connectivity index (χ2v) is 10.8. The van der Waals surface area contributed by atoms with E-state index in [1.54, 1.807) is 9.80 Å². The molecule has 0 saturated carbocycles. The van der Waals surface area contributed by atoms with Crippen LogP contribution in [0, 0.1) is 0 Å². The highest BCUT2D eigenvalue weighted by molar-refractivity contribution is 6.15. The van der Waals surface area contributed by atoms with Gasteiger partial charge in [0.1, 0.15) is 12.2 Å². The number of piperidine rings is 1. The lowest BCUT2D eigenvalue weighted by atomic mass is 9.92. The standard InChI is InChI=1S/C30H38N4O5/c1-5-18-33-23-16-10-9-15-22(23)25(24-17-11-12-19-34(24)29(37)39-30(2,3)4)31-26(27(33)35)32-28(36)38-20-21-13-7-6-8-14-21/h6-10,13-16,24,26H,5,11-12,17-20H2,1-4H3,(H,32,36)/t24-,26+/m1/s1. The first-order valence-corrected chi connectivity index (χ1v) is 13.6. The average molecular weight is 535 g/mol. The van der Waals surface area contributed by atoms with Crippen molar-refractivity contribution in [1.82, 2.24) is 10.2 Å². The monoisotopic (exact) mass is 534 g/mol. The molecule has 0 unspecified atom stereocenters. The molecule has 1 N–H and O–H groups in total. The maximum atomic E-state index is 13.8. The predicted molar refractivity (Wildman–Crippen MR) is 150 cm³/mol. The van der Waals surface area contributed by atoms with Crippen LogP contribution in [0.3, 0.4) is 0 Å². The van der Waals surface area contributed by atoms with Crippen LogP contribution in [0.15, 0.2) is 59.6 Å². The summed E-state index contributed by atoms with van der Waals surface area (Å²) in [4.78, 5) is 48.1. The molecule has 9 nitrogen and oxygen atoms in total. The SMILES string of the molecule is CCCN1C(=O)[C@H](NC(=O)OCc2ccccc2)N=C([C@H]2CCCCN2C(=O)OC(C)(C)C)c2ccccc21. The van der Waals surface area contributed by atoms with E-state index >= 15 is 0 Å². The highest BCUT2D eigenvalue weighted by atomic mass is 16.6. The van der Waals surface area contributed by atoms with Gasteiger partial charge in [-0.05, 0) is 58.1 Å². The number of aliphatic imine (C=N–C) groups is 1. The summed E-state index contributed by atoms with van der Waals surface area (Å²) in [5.41, 5.74) is 2.24. The first-order valence-electron chi connectivity index (χ1n) is 13.6. The zero-order valence-corrected chi connectivity index (χ0v) is 23.2. The average Bonchev–Trinajstić information content (AvgIpc) is 3.02. The minimum Gasteiger partial charge on any atom is -0.445 e. The number of rotatable bonds is 6. The molecule has 0 bridgehead atoms. The summed E-state index contributed by atoms with van der Waals surface area (Å²) in [7, 11) is 0. The van der Waals surface area contributed by atoms with Crippen molar-refractivity contribution in [3.8, 4) is 0 Å². The first-order chi connectivity index (χ1) is 18.7. The molecule has 2 heterocycles. The second kappa shape index (κ2) is 12.3. The van der Waals surface area contributed by atoms with Crippen molar-refractivity contribution >= 4 is 29.5 Å². The number of alkyl carbamates (subject to hydrolysis) is 1. The number of benzodiazepines with no additional fused rings is 1. The van der Waals surface area contributed by atoms with Crippen molar-refractivity contribution in [3.05, 3.63) is 65.7 Å². The number of nitrogens with zero attached hydrogens (tertiary/aromatic N) is 3. The van der Waals surface area contributed by atoms with Gasteiger partial charge in [0.15, 0.2) is 0 Å². The van der Waals surface area contributed by atoms with Gasteiger partial charge in [0, 0.05) is 18.7 Å². The normalized spacial score (nSPS) is 19.5. The maximum Gasteiger partial charge on any atom is 0.410 e. The van der Waals surface area contributed by atoms with E-state index in [9.17, 15) is 14.4 Å². The number of nitrogens with one attached hydrogen (secondary N) is 1. The summed E-state index contributed by atoms with van der Waals surface area (Å²) < 4.78 is 11.1. The van der Waals surface area contributed by atoms with Gasteiger partial charge >= 0.3 is 12.2 Å². The number of ether oxygens (including phenoxy) is 2. The molecule has 4 rings (SSSR count). The molecule has 2 aromatic rings. The molecule has 2 aliphatic rings. The minimum atomic E-state index is -1.20. The molecule has 208 valence electrons. The Labute approximate surface area is 230 Å². The quantitative estimate of drug-likeness (QED) is 0.544. The molecule has 9 heteroatoms. The van der Waals surface area contributed by atoms with Crippen LogP contribution in [0.25, 0.3) is 0 Å². The number of hydrogen-bond donors (Lipinski definition) is 1. The molecule has 0 spiro atoms. The van der Waals surface area contributed by atoms with E-state index in [0.29, 0.717) is 37.3 Å². The van der Waals surface area contributed by atoms with Crippen molar-refractivity contribution in [2.75, 3.05) is 18.0 Å². The summed E-state index contributed by atoms with van der Waals surface area (Å²) in [5, 5.41) is 2.68. The highest BCUT2D eigenvalue weighted by Gasteiger charge is 2.39. The number of fused-ring (bicyclic) bond motifs is 1. The first kappa shape index (κ1) is 28.1. The van der Waals surface area contributed by atoms with E-state index < -0.39 is 30.0 Å². The molecule has 1 fully saturated rings. The van der Waals surface area contributed by atoms with Gasteiger partial charge in [-0.3, -0.25) is 20.0 Å². The Bertz CT molecular complexity index is 1210. The lowest BCUT2D eigenvalue weighted by molar-refractivity contribution is -0.120. The number of hydrogen-bond acceptors (Lipinski definition) is 6. The van der Waals surface area contributed by atoms with Gasteiger partial charge in [0.25, 0.3) is 5.91 Å². The van der Waals surface area contributed by atoms with Gasteiger partial charge in [-0.1, -0.05) is 55.5 Å². The molecule has 0 radical (unpaired) electrons. The van der Waals surface area contributed by atoms with E-state index in [0.717, 1.165) is 24.0 Å². The number of para-hydroxylation sites is 1. The summed E-state index contributed by atoms with van der Waals surface area (Å²) >= 11 is 0. The third-order valence-corrected chi connectivity index (χ3v) is 6.60. The molecule has 2 aliphatic heterocycles. The van der Waals surface area contributed by atoms with Crippen molar-refractivity contribution in [2.45, 2.75) is 77.8 Å². The van der Waals surface area contributed by atoms with Crippen LogP contribution < -0.4 is 10.2 Å². The van der Waals surface area contributed by atoms with Crippen molar-refractivity contribution in [3.63, 3.8) is 0 Å². The van der Waals surface area contributed by atoms with E-state index in [-0.39, 0.29) is 12.5 Å². The number of anilines is 1. The van der Waals surface area contributed by atoms with E-state index in [1.165, 1.54) is 0 Å². The number of carbonyl (C=O) groups is 3. The predicted octanol–water partition coefficient (Wildman–Crippen LogP) is 5.27. The van der Waals surface area contributed by atoms with E-state index in [1.807, 2.05) is 82.3 Å². The van der Waals surface area contributed by atoms with Crippen molar-refractivity contribution < 1.29 is 23.9 Å². The largest absolute Gasteiger partial charge is 0.445 e. The van der Waals surface area contributed by atoms with Gasteiger partial charge < -0.3 is 14.4 Å². The number of likely N-dealkylation sites (tertiary alicyclic amines) is 1. The third kappa shape index (κ3) is 6.96. The lowest BCUT2D eigenvalue weighted by Gasteiger charge is -2.37. The molecule has 1 saturated heterocycles.